The lowest BCUT2D eigenvalue weighted by molar-refractivity contribution is 0.114. The van der Waals surface area contributed by atoms with Gasteiger partial charge in [0.1, 0.15) is 0 Å². The summed E-state index contributed by atoms with van der Waals surface area (Å²) in [5.74, 6) is 0.726. The van der Waals surface area contributed by atoms with E-state index in [1.54, 1.807) is 0 Å². The molecule has 2 nitrogen and oxygen atoms in total. The Bertz CT molecular complexity index is 401. The van der Waals surface area contributed by atoms with E-state index in [9.17, 15) is 5.11 Å². The quantitative estimate of drug-likeness (QED) is 0.855. The van der Waals surface area contributed by atoms with Gasteiger partial charge in [-0.1, -0.05) is 51.1 Å². The molecule has 0 amide bonds. The maximum atomic E-state index is 10.1. The Morgan fingerprint density at radius 2 is 1.71 bits per heavy atom. The number of aliphatic hydroxyl groups excluding tert-OH is 1. The summed E-state index contributed by atoms with van der Waals surface area (Å²) in [5, 5.41) is 13.6. The molecule has 2 rings (SSSR count). The van der Waals surface area contributed by atoms with Crippen LogP contribution in [0.2, 0.25) is 0 Å². The van der Waals surface area contributed by atoms with Gasteiger partial charge in [-0.25, -0.2) is 0 Å². The lowest BCUT2D eigenvalue weighted by atomic mass is 9.81. The third kappa shape index (κ3) is 5.80. The van der Waals surface area contributed by atoms with E-state index in [4.69, 9.17) is 0 Å². The van der Waals surface area contributed by atoms with E-state index in [0.717, 1.165) is 18.9 Å². The molecule has 0 saturated heterocycles. The van der Waals surface area contributed by atoms with E-state index in [1.165, 1.54) is 31.2 Å². The number of hydrogen-bond donors (Lipinski definition) is 2. The summed E-state index contributed by atoms with van der Waals surface area (Å²) < 4.78 is 0. The zero-order valence-corrected chi connectivity index (χ0v) is 13.8. The van der Waals surface area contributed by atoms with E-state index in [1.807, 2.05) is 0 Å². The lowest BCUT2D eigenvalue weighted by Crippen LogP contribution is -2.38. The average molecular weight is 289 g/mol. The van der Waals surface area contributed by atoms with E-state index in [0.29, 0.717) is 6.04 Å². The van der Waals surface area contributed by atoms with Crippen molar-refractivity contribution < 1.29 is 5.11 Å². The summed E-state index contributed by atoms with van der Waals surface area (Å²) >= 11 is 0. The average Bonchev–Trinajstić information content (AvgIpc) is 2.45. The van der Waals surface area contributed by atoms with Gasteiger partial charge in [-0.3, -0.25) is 0 Å². The van der Waals surface area contributed by atoms with E-state index < -0.39 is 0 Å². The van der Waals surface area contributed by atoms with Gasteiger partial charge in [-0.2, -0.15) is 0 Å². The molecule has 21 heavy (non-hydrogen) atoms. The number of aliphatic hydroxyl groups is 1. The van der Waals surface area contributed by atoms with Crippen molar-refractivity contribution in [3.63, 3.8) is 0 Å². The number of rotatable bonds is 5. The molecular weight excluding hydrogens is 258 g/mol. The number of nitrogens with one attached hydrogen (secondary N) is 1. The highest BCUT2D eigenvalue weighted by atomic mass is 16.3. The standard InChI is InChI=1S/C19H31NO/c1-19(2,3)13-18(21)14-20-17-11-9-16(10-12-17)15-7-5-4-6-8-15/h4-8,16-18,20-21H,9-14H2,1-3H3. The Balaban J connectivity index is 1.70. The van der Waals surface area contributed by atoms with Crippen LogP contribution in [0.4, 0.5) is 0 Å². The first-order chi connectivity index (χ1) is 9.94. The monoisotopic (exact) mass is 289 g/mol. The molecule has 2 heteroatoms. The molecule has 1 atom stereocenters. The second-order valence-electron chi connectivity index (χ2n) is 7.79. The molecule has 0 bridgehead atoms. The van der Waals surface area contributed by atoms with E-state index in [2.05, 4.69) is 56.4 Å². The van der Waals surface area contributed by atoms with Gasteiger partial charge < -0.3 is 10.4 Å². The maximum Gasteiger partial charge on any atom is 0.0669 e. The fourth-order valence-corrected chi connectivity index (χ4v) is 3.44. The molecule has 0 spiro atoms. The molecule has 0 aliphatic heterocycles. The van der Waals surface area contributed by atoms with Crippen molar-refractivity contribution in [2.24, 2.45) is 5.41 Å². The van der Waals surface area contributed by atoms with Gasteiger partial charge in [0.15, 0.2) is 0 Å². The SMILES string of the molecule is CC(C)(C)CC(O)CNC1CCC(c2ccccc2)CC1. The van der Waals surface area contributed by atoms with E-state index >= 15 is 0 Å². The van der Waals surface area contributed by atoms with Crippen LogP contribution >= 0.6 is 0 Å². The first-order valence-electron chi connectivity index (χ1n) is 8.40. The van der Waals surface area contributed by atoms with Gasteiger partial charge in [0, 0.05) is 12.6 Å². The Hall–Kier alpha value is -0.860. The highest BCUT2D eigenvalue weighted by Crippen LogP contribution is 2.32. The van der Waals surface area contributed by atoms with Crippen LogP contribution in [0.5, 0.6) is 0 Å². The summed E-state index contributed by atoms with van der Waals surface area (Å²) in [4.78, 5) is 0. The van der Waals surface area contributed by atoms with Crippen LogP contribution in [0.25, 0.3) is 0 Å². The van der Waals surface area contributed by atoms with Crippen LogP contribution in [-0.4, -0.2) is 23.8 Å². The summed E-state index contributed by atoms with van der Waals surface area (Å²) in [6, 6.07) is 11.5. The minimum Gasteiger partial charge on any atom is -0.392 e. The molecule has 2 N–H and O–H groups in total. The molecule has 1 unspecified atom stereocenters. The highest BCUT2D eigenvalue weighted by Gasteiger charge is 2.23. The molecule has 1 aromatic rings. The smallest absolute Gasteiger partial charge is 0.0669 e. The second kappa shape index (κ2) is 7.42. The summed E-state index contributed by atoms with van der Waals surface area (Å²) in [6.07, 6.45) is 5.61. The normalized spacial score (nSPS) is 24.8. The van der Waals surface area contributed by atoms with Crippen molar-refractivity contribution in [2.45, 2.75) is 70.9 Å². The van der Waals surface area contributed by atoms with Gasteiger partial charge in [-0.15, -0.1) is 0 Å². The summed E-state index contributed by atoms with van der Waals surface area (Å²) in [5.41, 5.74) is 1.69. The lowest BCUT2D eigenvalue weighted by Gasteiger charge is -2.31. The van der Waals surface area contributed by atoms with Gasteiger partial charge >= 0.3 is 0 Å². The topological polar surface area (TPSA) is 32.3 Å². The van der Waals surface area contributed by atoms with Crippen LogP contribution in [0.15, 0.2) is 30.3 Å². The molecule has 0 heterocycles. The molecule has 118 valence electrons. The minimum atomic E-state index is -0.225. The summed E-state index contributed by atoms with van der Waals surface area (Å²) in [7, 11) is 0. The summed E-state index contributed by atoms with van der Waals surface area (Å²) in [6.45, 7) is 7.28. The minimum absolute atomic E-state index is 0.200. The third-order valence-electron chi connectivity index (χ3n) is 4.49. The molecular formula is C19H31NO. The van der Waals surface area contributed by atoms with E-state index in [-0.39, 0.29) is 11.5 Å². The van der Waals surface area contributed by atoms with Crippen LogP contribution in [0, 0.1) is 5.41 Å². The van der Waals surface area contributed by atoms with Gasteiger partial charge in [-0.05, 0) is 49.0 Å². The zero-order chi connectivity index (χ0) is 15.3. The van der Waals surface area contributed by atoms with Crippen LogP contribution in [0.1, 0.15) is 64.4 Å². The Labute approximate surface area is 130 Å². The predicted octanol–water partition coefficient (Wildman–Crippen LogP) is 4.10. The molecule has 1 aromatic carbocycles. The molecule has 0 aromatic heterocycles. The van der Waals surface area contributed by atoms with Crippen molar-refractivity contribution in [1.82, 2.24) is 5.32 Å². The first-order valence-corrected chi connectivity index (χ1v) is 8.40. The molecule has 1 saturated carbocycles. The van der Waals surface area contributed by atoms with Crippen molar-refractivity contribution in [2.75, 3.05) is 6.54 Å². The van der Waals surface area contributed by atoms with Crippen molar-refractivity contribution in [3.8, 4) is 0 Å². The molecule has 1 aliphatic rings. The first kappa shape index (κ1) is 16.5. The van der Waals surface area contributed by atoms with Crippen LogP contribution in [0.3, 0.4) is 0 Å². The number of hydrogen-bond acceptors (Lipinski definition) is 2. The number of benzene rings is 1. The molecule has 1 aliphatic carbocycles. The Morgan fingerprint density at radius 3 is 2.29 bits per heavy atom. The van der Waals surface area contributed by atoms with Crippen molar-refractivity contribution in [3.05, 3.63) is 35.9 Å². The van der Waals surface area contributed by atoms with Gasteiger partial charge in [0.2, 0.25) is 0 Å². The van der Waals surface area contributed by atoms with Crippen LogP contribution in [-0.2, 0) is 0 Å². The Morgan fingerprint density at radius 1 is 1.10 bits per heavy atom. The fourth-order valence-electron chi connectivity index (χ4n) is 3.44. The largest absolute Gasteiger partial charge is 0.392 e. The zero-order valence-electron chi connectivity index (χ0n) is 13.8. The van der Waals surface area contributed by atoms with Crippen molar-refractivity contribution >= 4 is 0 Å². The van der Waals surface area contributed by atoms with Gasteiger partial charge in [0.05, 0.1) is 6.10 Å². The molecule has 1 fully saturated rings. The predicted molar refractivity (Wildman–Crippen MR) is 89.5 cm³/mol. The molecule has 0 radical (unpaired) electrons. The third-order valence-corrected chi connectivity index (χ3v) is 4.49. The van der Waals surface area contributed by atoms with Gasteiger partial charge in [0.25, 0.3) is 0 Å². The second-order valence-corrected chi connectivity index (χ2v) is 7.79. The Kier molecular flexibility index (Phi) is 5.83. The van der Waals surface area contributed by atoms with Crippen LogP contribution < -0.4 is 5.32 Å². The fraction of sp³-hybridized carbons (Fsp3) is 0.684. The highest BCUT2D eigenvalue weighted by molar-refractivity contribution is 5.20. The van der Waals surface area contributed by atoms with Crippen molar-refractivity contribution in [1.29, 1.82) is 0 Å². The maximum absolute atomic E-state index is 10.1.